The summed E-state index contributed by atoms with van der Waals surface area (Å²) in [6.45, 7) is 2.01. The summed E-state index contributed by atoms with van der Waals surface area (Å²) in [4.78, 5) is 12.3. The summed E-state index contributed by atoms with van der Waals surface area (Å²) in [6.07, 6.45) is -0.175. The molecule has 0 spiro atoms. The highest BCUT2D eigenvalue weighted by Gasteiger charge is 2.44. The van der Waals surface area contributed by atoms with Gasteiger partial charge >= 0.3 is 5.97 Å². The molecule has 0 fully saturated rings. The molecule has 3 aromatic rings. The number of aliphatic hydroxyl groups is 1. The van der Waals surface area contributed by atoms with Crippen LogP contribution in [-0.2, 0) is 17.6 Å². The van der Waals surface area contributed by atoms with E-state index in [9.17, 15) is 15.0 Å². The van der Waals surface area contributed by atoms with Gasteiger partial charge in [0.05, 0.1) is 7.11 Å². The van der Waals surface area contributed by atoms with Crippen LogP contribution in [0.4, 0.5) is 5.69 Å². The molecule has 1 aliphatic rings. The monoisotopic (exact) mass is 433 g/mol. The van der Waals surface area contributed by atoms with Crippen molar-refractivity contribution in [1.29, 1.82) is 0 Å². The molecule has 1 unspecified atom stereocenters. The average molecular weight is 434 g/mol. The molecule has 0 aromatic heterocycles. The molecule has 6 nitrogen and oxygen atoms in total. The fourth-order valence-corrected chi connectivity index (χ4v) is 4.23. The molecule has 0 radical (unpaired) electrons. The molecule has 0 aliphatic heterocycles. The molecule has 166 valence electrons. The minimum absolute atomic E-state index is 0.0405. The molecule has 4 rings (SSSR count). The molecule has 0 saturated heterocycles. The van der Waals surface area contributed by atoms with Crippen LogP contribution in [0.1, 0.15) is 28.4 Å². The predicted molar refractivity (Wildman–Crippen MR) is 122 cm³/mol. The number of aliphatic hydroxyl groups excluding tert-OH is 1. The number of aryl methyl sites for hydroxylation is 1. The van der Waals surface area contributed by atoms with Gasteiger partial charge in [0.25, 0.3) is 0 Å². The van der Waals surface area contributed by atoms with Crippen molar-refractivity contribution >= 4 is 11.7 Å². The predicted octanol–water partition coefficient (Wildman–Crippen LogP) is 4.15. The van der Waals surface area contributed by atoms with Crippen LogP contribution in [0.2, 0.25) is 0 Å². The second-order valence-corrected chi connectivity index (χ2v) is 8.23. The maximum absolute atomic E-state index is 12.3. The van der Waals surface area contributed by atoms with Gasteiger partial charge in [0.1, 0.15) is 29.7 Å². The van der Waals surface area contributed by atoms with E-state index in [-0.39, 0.29) is 6.61 Å². The van der Waals surface area contributed by atoms with Crippen LogP contribution in [0.3, 0.4) is 0 Å². The van der Waals surface area contributed by atoms with Gasteiger partial charge < -0.3 is 25.0 Å². The van der Waals surface area contributed by atoms with E-state index in [1.807, 2.05) is 55.5 Å². The Morgan fingerprint density at radius 3 is 2.41 bits per heavy atom. The minimum Gasteiger partial charge on any atom is -0.496 e. The lowest BCUT2D eigenvalue weighted by Gasteiger charge is -2.27. The molecule has 0 amide bonds. The number of nitrogens with one attached hydrogen (secondary N) is 1. The Labute approximate surface area is 187 Å². The number of anilines is 1. The van der Waals surface area contributed by atoms with Gasteiger partial charge in [-0.1, -0.05) is 36.4 Å². The van der Waals surface area contributed by atoms with E-state index in [1.165, 1.54) is 7.11 Å². The van der Waals surface area contributed by atoms with E-state index >= 15 is 0 Å². The van der Waals surface area contributed by atoms with E-state index in [0.717, 1.165) is 16.7 Å². The zero-order chi connectivity index (χ0) is 22.7. The first-order valence-corrected chi connectivity index (χ1v) is 10.5. The minimum atomic E-state index is -1.14. The van der Waals surface area contributed by atoms with Crippen molar-refractivity contribution < 1.29 is 24.5 Å². The third-order valence-electron chi connectivity index (χ3n) is 5.88. The van der Waals surface area contributed by atoms with E-state index in [0.29, 0.717) is 35.6 Å². The maximum Gasteiger partial charge on any atom is 0.330 e. The fourth-order valence-electron chi connectivity index (χ4n) is 4.23. The SMILES string of the molecule is COc1ccc(NC2(C(=O)O)Cc3ccccc3C2)cc1C(O)COc1cccc(C)c1. The molecule has 0 saturated carbocycles. The Balaban J connectivity index is 1.55. The first-order valence-electron chi connectivity index (χ1n) is 10.5. The molecular formula is C26H27NO5. The summed E-state index contributed by atoms with van der Waals surface area (Å²) in [6, 6.07) is 20.6. The van der Waals surface area contributed by atoms with Crippen LogP contribution in [0.25, 0.3) is 0 Å². The van der Waals surface area contributed by atoms with Crippen LogP contribution < -0.4 is 14.8 Å². The number of carbonyl (C=O) groups is 1. The summed E-state index contributed by atoms with van der Waals surface area (Å²) in [5.41, 5.74) is 3.12. The number of rotatable bonds is 8. The van der Waals surface area contributed by atoms with E-state index in [1.54, 1.807) is 18.2 Å². The first-order chi connectivity index (χ1) is 15.4. The Morgan fingerprint density at radius 2 is 1.78 bits per heavy atom. The van der Waals surface area contributed by atoms with Crippen LogP contribution in [0, 0.1) is 6.92 Å². The second kappa shape index (κ2) is 8.93. The summed E-state index contributed by atoms with van der Waals surface area (Å²) < 4.78 is 11.2. The Kier molecular flexibility index (Phi) is 6.06. The van der Waals surface area contributed by atoms with E-state index in [4.69, 9.17) is 9.47 Å². The van der Waals surface area contributed by atoms with E-state index in [2.05, 4.69) is 5.32 Å². The van der Waals surface area contributed by atoms with Gasteiger partial charge in [-0.15, -0.1) is 0 Å². The van der Waals surface area contributed by atoms with Gasteiger partial charge in [0, 0.05) is 24.1 Å². The lowest BCUT2D eigenvalue weighted by atomic mass is 9.95. The quantitative estimate of drug-likeness (QED) is 0.495. The maximum atomic E-state index is 12.3. The first kappa shape index (κ1) is 21.7. The third kappa shape index (κ3) is 4.41. The van der Waals surface area contributed by atoms with Crippen LogP contribution in [-0.4, -0.2) is 35.4 Å². The van der Waals surface area contributed by atoms with Gasteiger partial charge in [-0.25, -0.2) is 4.79 Å². The molecular weight excluding hydrogens is 406 g/mol. The fraction of sp³-hybridized carbons (Fsp3) is 0.269. The Morgan fingerprint density at radius 1 is 1.06 bits per heavy atom. The lowest BCUT2D eigenvalue weighted by molar-refractivity contribution is -0.142. The summed E-state index contributed by atoms with van der Waals surface area (Å²) in [5, 5.41) is 24.1. The normalized spacial score (nSPS) is 15.0. The van der Waals surface area contributed by atoms with Gasteiger partial charge in [-0.3, -0.25) is 0 Å². The van der Waals surface area contributed by atoms with Crippen LogP contribution >= 0.6 is 0 Å². The Hall–Kier alpha value is -3.51. The lowest BCUT2D eigenvalue weighted by Crippen LogP contribution is -2.47. The zero-order valence-electron chi connectivity index (χ0n) is 18.2. The molecule has 1 atom stereocenters. The van der Waals surface area contributed by atoms with Crippen molar-refractivity contribution in [2.75, 3.05) is 19.0 Å². The summed E-state index contributed by atoms with van der Waals surface area (Å²) >= 11 is 0. The molecule has 32 heavy (non-hydrogen) atoms. The molecule has 3 aromatic carbocycles. The number of ether oxygens (including phenoxy) is 2. The van der Waals surface area contributed by atoms with Gasteiger partial charge in [0.15, 0.2) is 0 Å². The van der Waals surface area contributed by atoms with Crippen LogP contribution in [0.5, 0.6) is 11.5 Å². The zero-order valence-corrected chi connectivity index (χ0v) is 18.2. The topological polar surface area (TPSA) is 88.0 Å². The molecule has 1 aliphatic carbocycles. The van der Waals surface area contributed by atoms with Crippen molar-refractivity contribution in [1.82, 2.24) is 0 Å². The van der Waals surface area contributed by atoms with Crippen LogP contribution in [0.15, 0.2) is 66.7 Å². The number of benzene rings is 3. The van der Waals surface area contributed by atoms with Crippen molar-refractivity contribution in [3.63, 3.8) is 0 Å². The van der Waals surface area contributed by atoms with Crippen molar-refractivity contribution in [3.05, 3.63) is 89.0 Å². The average Bonchev–Trinajstić information content (AvgIpc) is 3.17. The van der Waals surface area contributed by atoms with E-state index < -0.39 is 17.6 Å². The highest BCUT2D eigenvalue weighted by molar-refractivity contribution is 5.85. The number of carboxylic acid groups (broad SMARTS) is 1. The summed E-state index contributed by atoms with van der Waals surface area (Å²) in [7, 11) is 1.53. The molecule has 3 N–H and O–H groups in total. The van der Waals surface area contributed by atoms with Crippen molar-refractivity contribution in [3.8, 4) is 11.5 Å². The number of fused-ring (bicyclic) bond motifs is 1. The second-order valence-electron chi connectivity index (χ2n) is 8.23. The molecule has 6 heteroatoms. The number of methoxy groups -OCH3 is 1. The highest BCUT2D eigenvalue weighted by Crippen LogP contribution is 2.35. The summed E-state index contributed by atoms with van der Waals surface area (Å²) in [5.74, 6) is 0.273. The third-order valence-corrected chi connectivity index (χ3v) is 5.88. The Bertz CT molecular complexity index is 1100. The van der Waals surface area contributed by atoms with Crippen molar-refractivity contribution in [2.24, 2.45) is 0 Å². The highest BCUT2D eigenvalue weighted by atomic mass is 16.5. The van der Waals surface area contributed by atoms with Gasteiger partial charge in [0.2, 0.25) is 0 Å². The van der Waals surface area contributed by atoms with Crippen molar-refractivity contribution in [2.45, 2.75) is 31.4 Å². The number of carboxylic acids is 1. The van der Waals surface area contributed by atoms with Gasteiger partial charge in [-0.2, -0.15) is 0 Å². The smallest absolute Gasteiger partial charge is 0.330 e. The standard InChI is InChI=1S/C26H27NO5/c1-17-6-5-9-21(12-17)32-16-23(28)22-13-20(10-11-24(22)31-2)27-26(25(29)30)14-18-7-3-4-8-19(18)15-26/h3-13,23,27-28H,14-16H2,1-2H3,(H,29,30). The molecule has 0 heterocycles. The molecule has 0 bridgehead atoms. The number of hydrogen-bond acceptors (Lipinski definition) is 5. The number of aliphatic carboxylic acids is 1. The van der Waals surface area contributed by atoms with Gasteiger partial charge in [-0.05, 0) is 53.9 Å². The largest absolute Gasteiger partial charge is 0.496 e. The number of hydrogen-bond donors (Lipinski definition) is 3.